The minimum atomic E-state index is -1.26. The zero-order chi connectivity index (χ0) is 15.4. The standard InChI is InChI=1S/C15H20N2O4/c1-2-16(11-7-4-3-5-8-11)13-10-6-9-12(15(18)19)14(13)17(20)21/h6,9-11H,2-5,7-8H2,1H3,(H,18,19). The van der Waals surface area contributed by atoms with E-state index in [1.807, 2.05) is 11.8 Å². The molecule has 0 atom stereocenters. The third kappa shape index (κ3) is 3.15. The molecule has 1 fully saturated rings. The first-order valence-corrected chi connectivity index (χ1v) is 7.33. The maximum atomic E-state index is 11.4. The van der Waals surface area contributed by atoms with Crippen molar-refractivity contribution in [2.45, 2.75) is 45.1 Å². The van der Waals surface area contributed by atoms with E-state index in [1.54, 1.807) is 12.1 Å². The Hall–Kier alpha value is -2.11. The second-order valence-electron chi connectivity index (χ2n) is 5.31. The lowest BCUT2D eigenvalue weighted by Gasteiger charge is -2.35. The molecule has 1 aromatic rings. The number of para-hydroxylation sites is 1. The predicted octanol–water partition coefficient (Wildman–Crippen LogP) is 3.45. The highest BCUT2D eigenvalue weighted by molar-refractivity contribution is 5.95. The third-order valence-electron chi connectivity index (χ3n) is 4.09. The average Bonchev–Trinajstić information content (AvgIpc) is 2.48. The van der Waals surface area contributed by atoms with Crippen molar-refractivity contribution in [1.29, 1.82) is 0 Å². The Bertz CT molecular complexity index is 538. The maximum absolute atomic E-state index is 11.4. The van der Waals surface area contributed by atoms with Crippen LogP contribution in [-0.2, 0) is 0 Å². The van der Waals surface area contributed by atoms with Gasteiger partial charge in [-0.3, -0.25) is 10.1 Å². The van der Waals surface area contributed by atoms with Crippen LogP contribution in [0.3, 0.4) is 0 Å². The normalized spacial score (nSPS) is 15.7. The highest BCUT2D eigenvalue weighted by atomic mass is 16.6. The Balaban J connectivity index is 2.47. The topological polar surface area (TPSA) is 83.7 Å². The third-order valence-corrected chi connectivity index (χ3v) is 4.09. The van der Waals surface area contributed by atoms with Gasteiger partial charge in [-0.1, -0.05) is 25.3 Å². The number of carboxylic acids is 1. The Morgan fingerprint density at radius 2 is 2.05 bits per heavy atom. The first-order chi connectivity index (χ1) is 10.1. The van der Waals surface area contributed by atoms with Gasteiger partial charge in [-0.05, 0) is 31.9 Å². The predicted molar refractivity (Wildman–Crippen MR) is 79.9 cm³/mol. The summed E-state index contributed by atoms with van der Waals surface area (Å²) in [6.07, 6.45) is 5.44. The van der Waals surface area contributed by atoms with E-state index < -0.39 is 10.9 Å². The van der Waals surface area contributed by atoms with E-state index in [9.17, 15) is 20.0 Å². The van der Waals surface area contributed by atoms with Gasteiger partial charge in [0, 0.05) is 12.6 Å². The first-order valence-electron chi connectivity index (χ1n) is 7.33. The molecule has 0 heterocycles. The Morgan fingerprint density at radius 1 is 1.38 bits per heavy atom. The van der Waals surface area contributed by atoms with Gasteiger partial charge in [0.05, 0.1) is 4.92 Å². The molecule has 0 amide bonds. The first kappa shape index (κ1) is 15.3. The number of benzene rings is 1. The van der Waals surface area contributed by atoms with E-state index in [2.05, 4.69) is 0 Å². The van der Waals surface area contributed by atoms with Crippen molar-refractivity contribution in [1.82, 2.24) is 0 Å². The van der Waals surface area contributed by atoms with Crippen molar-refractivity contribution in [3.63, 3.8) is 0 Å². The van der Waals surface area contributed by atoms with Crippen LogP contribution in [0.5, 0.6) is 0 Å². The largest absolute Gasteiger partial charge is 0.477 e. The molecule has 1 aliphatic rings. The zero-order valence-corrected chi connectivity index (χ0v) is 12.1. The van der Waals surface area contributed by atoms with Gasteiger partial charge in [-0.2, -0.15) is 0 Å². The lowest BCUT2D eigenvalue weighted by Crippen LogP contribution is -2.37. The number of nitro benzene ring substituents is 1. The fourth-order valence-corrected chi connectivity index (χ4v) is 3.15. The number of hydrogen-bond acceptors (Lipinski definition) is 4. The lowest BCUT2D eigenvalue weighted by atomic mass is 9.93. The number of rotatable bonds is 5. The summed E-state index contributed by atoms with van der Waals surface area (Å²) in [5.74, 6) is -1.26. The average molecular weight is 292 g/mol. The summed E-state index contributed by atoms with van der Waals surface area (Å²) < 4.78 is 0. The molecule has 0 spiro atoms. The Morgan fingerprint density at radius 3 is 2.57 bits per heavy atom. The smallest absolute Gasteiger partial charge is 0.342 e. The van der Waals surface area contributed by atoms with E-state index in [1.165, 1.54) is 12.5 Å². The van der Waals surface area contributed by atoms with E-state index in [4.69, 9.17) is 0 Å². The van der Waals surface area contributed by atoms with Crippen LogP contribution in [-0.4, -0.2) is 28.6 Å². The summed E-state index contributed by atoms with van der Waals surface area (Å²) in [7, 11) is 0. The number of anilines is 1. The fourth-order valence-electron chi connectivity index (χ4n) is 3.15. The van der Waals surface area contributed by atoms with Gasteiger partial charge < -0.3 is 10.0 Å². The highest BCUT2D eigenvalue weighted by Crippen LogP contribution is 2.35. The SMILES string of the molecule is CCN(c1cccc(C(=O)O)c1[N+](=O)[O-])C1CCCCC1. The van der Waals surface area contributed by atoms with Crippen molar-refractivity contribution in [2.24, 2.45) is 0 Å². The molecule has 21 heavy (non-hydrogen) atoms. The van der Waals surface area contributed by atoms with Crippen LogP contribution in [0.1, 0.15) is 49.4 Å². The van der Waals surface area contributed by atoms with Gasteiger partial charge >= 0.3 is 11.7 Å². The monoisotopic (exact) mass is 292 g/mol. The molecular weight excluding hydrogens is 272 g/mol. The Labute approximate surface area is 123 Å². The van der Waals surface area contributed by atoms with E-state index in [0.717, 1.165) is 25.7 Å². The van der Waals surface area contributed by atoms with Crippen LogP contribution < -0.4 is 4.90 Å². The number of nitrogens with zero attached hydrogens (tertiary/aromatic N) is 2. The Kier molecular flexibility index (Phi) is 4.77. The molecule has 6 nitrogen and oxygen atoms in total. The molecule has 0 unspecified atom stereocenters. The van der Waals surface area contributed by atoms with Crippen LogP contribution in [0.4, 0.5) is 11.4 Å². The molecule has 1 saturated carbocycles. The maximum Gasteiger partial charge on any atom is 0.342 e. The molecule has 0 aliphatic heterocycles. The van der Waals surface area contributed by atoms with E-state index in [-0.39, 0.29) is 17.3 Å². The number of hydrogen-bond donors (Lipinski definition) is 1. The number of nitro groups is 1. The van der Waals surface area contributed by atoms with Gasteiger partial charge in [0.2, 0.25) is 0 Å². The summed E-state index contributed by atoms with van der Waals surface area (Å²) in [5, 5.41) is 20.5. The van der Waals surface area contributed by atoms with Crippen LogP contribution in [0.25, 0.3) is 0 Å². The van der Waals surface area contributed by atoms with Gasteiger partial charge in [0.1, 0.15) is 11.3 Å². The van der Waals surface area contributed by atoms with Crippen molar-refractivity contribution < 1.29 is 14.8 Å². The van der Waals surface area contributed by atoms with Crippen molar-refractivity contribution in [2.75, 3.05) is 11.4 Å². The number of carbonyl (C=O) groups is 1. The second-order valence-corrected chi connectivity index (χ2v) is 5.31. The number of aromatic carboxylic acids is 1. The van der Waals surface area contributed by atoms with Gasteiger partial charge in [-0.25, -0.2) is 4.79 Å². The summed E-state index contributed by atoms with van der Waals surface area (Å²) in [6, 6.07) is 4.78. The van der Waals surface area contributed by atoms with Gasteiger partial charge in [0.15, 0.2) is 0 Å². The molecular formula is C15H20N2O4. The van der Waals surface area contributed by atoms with Crippen molar-refractivity contribution in [3.8, 4) is 0 Å². The minimum absolute atomic E-state index is 0.244. The summed E-state index contributed by atoms with van der Waals surface area (Å²) in [5.41, 5.74) is -0.113. The van der Waals surface area contributed by atoms with Gasteiger partial charge in [0.25, 0.3) is 0 Å². The van der Waals surface area contributed by atoms with Crippen molar-refractivity contribution >= 4 is 17.3 Å². The van der Waals surface area contributed by atoms with Crippen LogP contribution in [0.2, 0.25) is 0 Å². The molecule has 2 rings (SSSR count). The summed E-state index contributed by atoms with van der Waals surface area (Å²) in [6.45, 7) is 2.58. The highest BCUT2D eigenvalue weighted by Gasteiger charge is 2.30. The van der Waals surface area contributed by atoms with Crippen LogP contribution in [0.15, 0.2) is 18.2 Å². The molecule has 0 radical (unpaired) electrons. The molecule has 0 saturated heterocycles. The lowest BCUT2D eigenvalue weighted by molar-refractivity contribution is -0.384. The molecule has 1 N–H and O–H groups in total. The molecule has 1 aliphatic carbocycles. The number of carboxylic acid groups (broad SMARTS) is 1. The summed E-state index contributed by atoms with van der Waals surface area (Å²) in [4.78, 5) is 24.0. The van der Waals surface area contributed by atoms with Crippen LogP contribution >= 0.6 is 0 Å². The molecule has 114 valence electrons. The quantitative estimate of drug-likeness (QED) is 0.663. The van der Waals surface area contributed by atoms with Crippen molar-refractivity contribution in [3.05, 3.63) is 33.9 Å². The second kappa shape index (κ2) is 6.56. The minimum Gasteiger partial charge on any atom is -0.477 e. The molecule has 0 aromatic heterocycles. The molecule has 6 heteroatoms. The van der Waals surface area contributed by atoms with Gasteiger partial charge in [-0.15, -0.1) is 0 Å². The zero-order valence-electron chi connectivity index (χ0n) is 12.1. The van der Waals surface area contributed by atoms with E-state index in [0.29, 0.717) is 12.2 Å². The molecule has 0 bridgehead atoms. The molecule has 1 aromatic carbocycles. The van der Waals surface area contributed by atoms with Crippen LogP contribution in [0, 0.1) is 10.1 Å². The fraction of sp³-hybridized carbons (Fsp3) is 0.533. The summed E-state index contributed by atoms with van der Waals surface area (Å²) >= 11 is 0. The van der Waals surface area contributed by atoms with E-state index >= 15 is 0 Å².